The lowest BCUT2D eigenvalue weighted by atomic mass is 10.1. The summed E-state index contributed by atoms with van der Waals surface area (Å²) in [5.41, 5.74) is 1.72. The SMILES string of the molecule is Cc1ccc(Cl)cc1NC(=O)C(C)Cn1cncn1. The van der Waals surface area contributed by atoms with Crippen LogP contribution in [-0.4, -0.2) is 20.7 Å². The first-order valence-corrected chi connectivity index (χ1v) is 6.33. The molecule has 1 aromatic heterocycles. The maximum Gasteiger partial charge on any atom is 0.229 e. The molecule has 0 aliphatic heterocycles. The van der Waals surface area contributed by atoms with E-state index in [0.717, 1.165) is 11.3 Å². The molecule has 1 N–H and O–H groups in total. The number of nitrogens with zero attached hydrogens (tertiary/aromatic N) is 3. The van der Waals surface area contributed by atoms with Crippen LogP contribution >= 0.6 is 11.6 Å². The van der Waals surface area contributed by atoms with Crippen LogP contribution in [0.25, 0.3) is 0 Å². The molecule has 0 fully saturated rings. The number of carbonyl (C=O) groups is 1. The van der Waals surface area contributed by atoms with Crippen molar-refractivity contribution in [3.05, 3.63) is 41.4 Å². The van der Waals surface area contributed by atoms with Gasteiger partial charge in [-0.25, -0.2) is 4.98 Å². The molecule has 0 saturated heterocycles. The Morgan fingerprint density at radius 1 is 1.53 bits per heavy atom. The molecule has 1 amide bonds. The smallest absolute Gasteiger partial charge is 0.229 e. The third-order valence-corrected chi connectivity index (χ3v) is 3.07. The summed E-state index contributed by atoms with van der Waals surface area (Å²) in [5, 5.41) is 7.46. The fourth-order valence-corrected chi connectivity index (χ4v) is 1.85. The standard InChI is InChI=1S/C13H15ClN4O/c1-9-3-4-11(14)5-12(9)17-13(19)10(2)6-18-8-15-7-16-18/h3-5,7-8,10H,6H2,1-2H3,(H,17,19). The molecule has 1 aromatic carbocycles. The molecule has 0 saturated carbocycles. The molecule has 100 valence electrons. The van der Waals surface area contributed by atoms with Gasteiger partial charge in [-0.3, -0.25) is 9.48 Å². The monoisotopic (exact) mass is 278 g/mol. The molecule has 0 radical (unpaired) electrons. The number of hydrogen-bond donors (Lipinski definition) is 1. The van der Waals surface area contributed by atoms with E-state index in [9.17, 15) is 4.79 Å². The Hall–Kier alpha value is -1.88. The first-order chi connectivity index (χ1) is 9.06. The van der Waals surface area contributed by atoms with Gasteiger partial charge in [-0.2, -0.15) is 5.10 Å². The quantitative estimate of drug-likeness (QED) is 0.935. The highest BCUT2D eigenvalue weighted by Gasteiger charge is 2.15. The highest BCUT2D eigenvalue weighted by atomic mass is 35.5. The number of amides is 1. The van der Waals surface area contributed by atoms with Gasteiger partial charge in [0.05, 0.1) is 12.5 Å². The van der Waals surface area contributed by atoms with E-state index in [2.05, 4.69) is 15.4 Å². The van der Waals surface area contributed by atoms with Crippen LogP contribution in [-0.2, 0) is 11.3 Å². The van der Waals surface area contributed by atoms with Gasteiger partial charge >= 0.3 is 0 Å². The zero-order chi connectivity index (χ0) is 13.8. The van der Waals surface area contributed by atoms with Crippen LogP contribution in [0, 0.1) is 12.8 Å². The molecule has 1 atom stereocenters. The largest absolute Gasteiger partial charge is 0.326 e. The van der Waals surface area contributed by atoms with Crippen molar-refractivity contribution in [1.29, 1.82) is 0 Å². The molecule has 5 nitrogen and oxygen atoms in total. The van der Waals surface area contributed by atoms with Gasteiger partial charge in [0.15, 0.2) is 0 Å². The third kappa shape index (κ3) is 3.54. The second-order valence-electron chi connectivity index (χ2n) is 4.47. The molecule has 19 heavy (non-hydrogen) atoms. The minimum absolute atomic E-state index is 0.0686. The summed E-state index contributed by atoms with van der Waals surface area (Å²) in [6.07, 6.45) is 3.04. The fraction of sp³-hybridized carbons (Fsp3) is 0.308. The lowest BCUT2D eigenvalue weighted by Crippen LogP contribution is -2.25. The number of hydrogen-bond acceptors (Lipinski definition) is 3. The number of rotatable bonds is 4. The Labute approximate surface area is 116 Å². The summed E-state index contributed by atoms with van der Waals surface area (Å²) in [5.74, 6) is -0.277. The van der Waals surface area contributed by atoms with Gasteiger partial charge in [0.2, 0.25) is 5.91 Å². The van der Waals surface area contributed by atoms with Crippen molar-refractivity contribution in [2.75, 3.05) is 5.32 Å². The Morgan fingerprint density at radius 2 is 2.32 bits per heavy atom. The van der Waals surface area contributed by atoms with Gasteiger partial charge in [-0.05, 0) is 24.6 Å². The molecule has 6 heteroatoms. The molecule has 0 aliphatic carbocycles. The molecule has 0 spiro atoms. The lowest BCUT2D eigenvalue weighted by Gasteiger charge is -2.13. The van der Waals surface area contributed by atoms with Crippen LogP contribution < -0.4 is 5.32 Å². The minimum atomic E-state index is -0.208. The number of carbonyl (C=O) groups excluding carboxylic acids is 1. The zero-order valence-corrected chi connectivity index (χ0v) is 11.6. The normalized spacial score (nSPS) is 12.2. The van der Waals surface area contributed by atoms with E-state index in [1.807, 2.05) is 19.9 Å². The number of aryl methyl sites for hydroxylation is 1. The number of aromatic nitrogens is 3. The molecule has 2 aromatic rings. The van der Waals surface area contributed by atoms with Gasteiger partial charge in [0, 0.05) is 10.7 Å². The Balaban J connectivity index is 2.02. The van der Waals surface area contributed by atoms with Crippen molar-refractivity contribution < 1.29 is 4.79 Å². The van der Waals surface area contributed by atoms with Crippen molar-refractivity contribution in [3.8, 4) is 0 Å². The Bertz CT molecular complexity index is 568. The first kappa shape index (κ1) is 13.5. The summed E-state index contributed by atoms with van der Waals surface area (Å²) in [6, 6.07) is 5.42. The molecular formula is C13H15ClN4O. The average molecular weight is 279 g/mol. The number of halogens is 1. The van der Waals surface area contributed by atoms with Gasteiger partial charge in [0.25, 0.3) is 0 Å². The fourth-order valence-electron chi connectivity index (χ4n) is 1.68. The molecular weight excluding hydrogens is 264 g/mol. The van der Waals surface area contributed by atoms with Crippen LogP contribution in [0.3, 0.4) is 0 Å². The van der Waals surface area contributed by atoms with Crippen molar-refractivity contribution in [1.82, 2.24) is 14.8 Å². The summed E-state index contributed by atoms with van der Waals surface area (Å²) >= 11 is 5.92. The van der Waals surface area contributed by atoms with E-state index in [1.165, 1.54) is 6.33 Å². The van der Waals surface area contributed by atoms with Crippen LogP contribution in [0.15, 0.2) is 30.9 Å². The van der Waals surface area contributed by atoms with Crippen LogP contribution in [0.1, 0.15) is 12.5 Å². The number of nitrogens with one attached hydrogen (secondary N) is 1. The van der Waals surface area contributed by atoms with Crippen molar-refractivity contribution in [2.24, 2.45) is 5.92 Å². The third-order valence-electron chi connectivity index (χ3n) is 2.83. The summed E-state index contributed by atoms with van der Waals surface area (Å²) in [6.45, 7) is 4.26. The predicted molar refractivity (Wildman–Crippen MR) is 74.0 cm³/mol. The lowest BCUT2D eigenvalue weighted by molar-refractivity contribution is -0.119. The van der Waals surface area contributed by atoms with Gasteiger partial charge in [0.1, 0.15) is 12.7 Å². The molecule has 1 unspecified atom stereocenters. The van der Waals surface area contributed by atoms with Gasteiger partial charge < -0.3 is 5.32 Å². The second-order valence-corrected chi connectivity index (χ2v) is 4.90. The molecule has 0 aliphatic rings. The highest BCUT2D eigenvalue weighted by Crippen LogP contribution is 2.20. The van der Waals surface area contributed by atoms with Crippen LogP contribution in [0.2, 0.25) is 5.02 Å². The van der Waals surface area contributed by atoms with Crippen molar-refractivity contribution in [3.63, 3.8) is 0 Å². The van der Waals surface area contributed by atoms with Crippen molar-refractivity contribution in [2.45, 2.75) is 20.4 Å². The highest BCUT2D eigenvalue weighted by molar-refractivity contribution is 6.31. The van der Waals surface area contributed by atoms with Crippen LogP contribution in [0.4, 0.5) is 5.69 Å². The Morgan fingerprint density at radius 3 is 3.00 bits per heavy atom. The average Bonchev–Trinajstić information content (AvgIpc) is 2.86. The topological polar surface area (TPSA) is 59.8 Å². The van der Waals surface area contributed by atoms with Gasteiger partial charge in [-0.1, -0.05) is 24.6 Å². The van der Waals surface area contributed by atoms with E-state index in [4.69, 9.17) is 11.6 Å². The number of benzene rings is 1. The van der Waals surface area contributed by atoms with Gasteiger partial charge in [-0.15, -0.1) is 0 Å². The molecule has 0 bridgehead atoms. The van der Waals surface area contributed by atoms with Crippen molar-refractivity contribution >= 4 is 23.2 Å². The van der Waals surface area contributed by atoms with Crippen LogP contribution in [0.5, 0.6) is 0 Å². The molecule has 2 rings (SSSR count). The van der Waals surface area contributed by atoms with E-state index in [0.29, 0.717) is 11.6 Å². The summed E-state index contributed by atoms with van der Waals surface area (Å²) < 4.78 is 1.63. The zero-order valence-electron chi connectivity index (χ0n) is 10.8. The molecule has 1 heterocycles. The van der Waals surface area contributed by atoms with E-state index >= 15 is 0 Å². The van der Waals surface area contributed by atoms with E-state index in [-0.39, 0.29) is 11.8 Å². The summed E-state index contributed by atoms with van der Waals surface area (Å²) in [7, 11) is 0. The predicted octanol–water partition coefficient (Wildman–Crippen LogP) is 2.51. The first-order valence-electron chi connectivity index (χ1n) is 5.95. The van der Waals surface area contributed by atoms with E-state index < -0.39 is 0 Å². The summed E-state index contributed by atoms with van der Waals surface area (Å²) in [4.78, 5) is 15.9. The maximum atomic E-state index is 12.1. The maximum absolute atomic E-state index is 12.1. The minimum Gasteiger partial charge on any atom is -0.326 e. The second kappa shape index (κ2) is 5.84. The number of anilines is 1. The van der Waals surface area contributed by atoms with E-state index in [1.54, 1.807) is 23.1 Å². The Kier molecular flexibility index (Phi) is 4.16.